The number of nitrogens with zero attached hydrogens (tertiary/aromatic N) is 5. The minimum atomic E-state index is -1.62. The Morgan fingerprint density at radius 1 is 1.22 bits per heavy atom. The molecule has 0 aliphatic rings. The predicted molar refractivity (Wildman–Crippen MR) is 118 cm³/mol. The molecule has 0 saturated heterocycles. The molecule has 3 heterocycles. The summed E-state index contributed by atoms with van der Waals surface area (Å²) in [6.07, 6.45) is 2.80. The second-order valence-corrected chi connectivity index (χ2v) is 9.09. The molecule has 1 atom stereocenters. The van der Waals surface area contributed by atoms with Crippen molar-refractivity contribution in [3.63, 3.8) is 0 Å². The zero-order valence-corrected chi connectivity index (χ0v) is 18.6. The van der Waals surface area contributed by atoms with Gasteiger partial charge >= 0.3 is 0 Å². The van der Waals surface area contributed by atoms with Gasteiger partial charge in [0, 0.05) is 17.8 Å². The highest BCUT2D eigenvalue weighted by Gasteiger charge is 2.27. The Hall–Kier alpha value is -3.58. The molecule has 3 aromatic rings. The Kier molecular flexibility index (Phi) is 6.14. The van der Waals surface area contributed by atoms with Crippen LogP contribution in [0, 0.1) is 11.3 Å². The Bertz CT molecular complexity index is 1190. The number of nitrogens with one attached hydrogen (secondary N) is 2. The number of hydrogen-bond donors (Lipinski definition) is 3. The Labute approximate surface area is 185 Å². The molecule has 0 aromatic carbocycles. The second-order valence-electron chi connectivity index (χ2n) is 9.09. The summed E-state index contributed by atoms with van der Waals surface area (Å²) in [6.45, 7) is 8.18. The van der Waals surface area contributed by atoms with Crippen LogP contribution < -0.4 is 10.6 Å². The molecule has 0 saturated carbocycles. The second kappa shape index (κ2) is 8.51. The summed E-state index contributed by atoms with van der Waals surface area (Å²) in [5.74, 6) is -0.516. The highest BCUT2D eigenvalue weighted by Crippen LogP contribution is 2.26. The van der Waals surface area contributed by atoms with E-state index in [-0.39, 0.29) is 17.6 Å². The van der Waals surface area contributed by atoms with E-state index in [2.05, 4.69) is 25.7 Å². The molecule has 0 radical (unpaired) electrons. The van der Waals surface area contributed by atoms with Gasteiger partial charge in [-0.1, -0.05) is 0 Å². The van der Waals surface area contributed by atoms with Crippen LogP contribution in [0.2, 0.25) is 0 Å². The van der Waals surface area contributed by atoms with Gasteiger partial charge in [0.1, 0.15) is 17.9 Å². The molecule has 3 N–H and O–H groups in total. The molecular formula is C22H26FN7O2. The number of anilines is 1. The summed E-state index contributed by atoms with van der Waals surface area (Å²) in [4.78, 5) is 21.4. The van der Waals surface area contributed by atoms with Crippen LogP contribution in [0.4, 0.5) is 10.1 Å². The standard InChI is InChI=1S/C22H26FN7O2/c1-21(2,3)29-15-7-16(17-11-26-19-6-13(8-24)9-28-30(17)19)25-10-14(15)20(31)27-12-18(23)22(4,5)32/h6-7,9-11,18,32H,12H2,1-5H3,(H,25,29)(H,27,31)/t18-/m1/s1. The predicted octanol–water partition coefficient (Wildman–Crippen LogP) is 2.71. The van der Waals surface area contributed by atoms with Crippen molar-refractivity contribution >= 4 is 17.2 Å². The molecule has 0 bridgehead atoms. The fourth-order valence-corrected chi connectivity index (χ4v) is 2.92. The maximum atomic E-state index is 14.1. The molecule has 0 aliphatic carbocycles. The van der Waals surface area contributed by atoms with Crippen LogP contribution in [0.15, 0.2) is 30.7 Å². The number of imidazole rings is 1. The van der Waals surface area contributed by atoms with E-state index in [0.29, 0.717) is 28.3 Å². The van der Waals surface area contributed by atoms with Crippen molar-refractivity contribution in [2.75, 3.05) is 11.9 Å². The molecule has 3 rings (SSSR count). The van der Waals surface area contributed by atoms with Gasteiger partial charge in [-0.2, -0.15) is 10.4 Å². The van der Waals surface area contributed by atoms with Crippen molar-refractivity contribution in [2.24, 2.45) is 0 Å². The molecule has 0 fully saturated rings. The van der Waals surface area contributed by atoms with Crippen molar-refractivity contribution in [1.29, 1.82) is 5.26 Å². The molecule has 9 nitrogen and oxygen atoms in total. The van der Waals surface area contributed by atoms with Crippen molar-refractivity contribution in [1.82, 2.24) is 24.9 Å². The lowest BCUT2D eigenvalue weighted by Crippen LogP contribution is -2.42. The average molecular weight is 439 g/mol. The van der Waals surface area contributed by atoms with Crippen LogP contribution in [0.5, 0.6) is 0 Å². The molecule has 3 aromatic heterocycles. The summed E-state index contributed by atoms with van der Waals surface area (Å²) < 4.78 is 15.6. The van der Waals surface area contributed by atoms with Gasteiger partial charge < -0.3 is 15.7 Å². The van der Waals surface area contributed by atoms with Crippen molar-refractivity contribution in [3.05, 3.63) is 41.9 Å². The van der Waals surface area contributed by atoms with E-state index in [1.54, 1.807) is 22.8 Å². The first kappa shape index (κ1) is 23.1. The number of fused-ring (bicyclic) bond motifs is 1. The topological polar surface area (TPSA) is 128 Å². The lowest BCUT2D eigenvalue weighted by molar-refractivity contribution is -0.00177. The Balaban J connectivity index is 1.97. The van der Waals surface area contributed by atoms with Crippen LogP contribution in [-0.4, -0.2) is 54.5 Å². The number of halogens is 1. The molecule has 168 valence electrons. The molecule has 1 amide bonds. The third kappa shape index (κ3) is 5.18. The van der Waals surface area contributed by atoms with Crippen LogP contribution in [0.25, 0.3) is 17.0 Å². The number of nitriles is 1. The van der Waals surface area contributed by atoms with E-state index in [9.17, 15) is 14.3 Å². The Morgan fingerprint density at radius 2 is 1.94 bits per heavy atom. The number of alkyl halides is 1. The smallest absolute Gasteiger partial charge is 0.255 e. The van der Waals surface area contributed by atoms with Crippen LogP contribution in [0.1, 0.15) is 50.5 Å². The SMILES string of the molecule is CC(C)(C)Nc1cc(-c2cnc3cc(C#N)cnn23)ncc1C(=O)NC[C@@H](F)C(C)(C)O. The third-order valence-corrected chi connectivity index (χ3v) is 4.62. The number of hydrogen-bond acceptors (Lipinski definition) is 7. The zero-order valence-electron chi connectivity index (χ0n) is 18.6. The van der Waals surface area contributed by atoms with Gasteiger partial charge in [0.05, 0.1) is 47.0 Å². The van der Waals surface area contributed by atoms with Crippen molar-refractivity contribution in [3.8, 4) is 17.5 Å². The van der Waals surface area contributed by atoms with Gasteiger partial charge in [-0.25, -0.2) is 13.9 Å². The zero-order chi connectivity index (χ0) is 23.7. The summed E-state index contributed by atoms with van der Waals surface area (Å²) in [7, 11) is 0. The van der Waals surface area contributed by atoms with E-state index in [1.807, 2.05) is 26.8 Å². The molecule has 0 spiro atoms. The lowest BCUT2D eigenvalue weighted by atomic mass is 10.0. The summed E-state index contributed by atoms with van der Waals surface area (Å²) in [5, 5.41) is 28.8. The monoisotopic (exact) mass is 439 g/mol. The lowest BCUT2D eigenvalue weighted by Gasteiger charge is -2.25. The summed E-state index contributed by atoms with van der Waals surface area (Å²) in [6, 6.07) is 5.34. The maximum Gasteiger partial charge on any atom is 0.255 e. The highest BCUT2D eigenvalue weighted by molar-refractivity contribution is 6.00. The number of carbonyl (C=O) groups excluding carboxylic acids is 1. The molecular weight excluding hydrogens is 413 g/mol. The van der Waals surface area contributed by atoms with Gasteiger partial charge in [0.25, 0.3) is 5.91 Å². The highest BCUT2D eigenvalue weighted by atomic mass is 19.1. The maximum absolute atomic E-state index is 14.1. The largest absolute Gasteiger partial charge is 0.387 e. The van der Waals surface area contributed by atoms with Gasteiger partial charge in [0.15, 0.2) is 5.65 Å². The van der Waals surface area contributed by atoms with E-state index < -0.39 is 17.7 Å². The number of aromatic nitrogens is 4. The van der Waals surface area contributed by atoms with Crippen molar-refractivity contribution < 1.29 is 14.3 Å². The molecule has 0 unspecified atom stereocenters. The number of rotatable bonds is 6. The molecule has 0 aliphatic heterocycles. The number of carbonyl (C=O) groups is 1. The van der Waals surface area contributed by atoms with E-state index in [4.69, 9.17) is 5.26 Å². The number of pyridine rings is 1. The normalized spacial score (nSPS) is 12.9. The van der Waals surface area contributed by atoms with E-state index in [1.165, 1.54) is 26.2 Å². The summed E-state index contributed by atoms with van der Waals surface area (Å²) in [5.41, 5.74) is 0.779. The third-order valence-electron chi connectivity index (χ3n) is 4.62. The fraction of sp³-hybridized carbons (Fsp3) is 0.409. The number of amides is 1. The summed E-state index contributed by atoms with van der Waals surface area (Å²) >= 11 is 0. The fourth-order valence-electron chi connectivity index (χ4n) is 2.92. The first-order valence-corrected chi connectivity index (χ1v) is 10.1. The average Bonchev–Trinajstić information content (AvgIpc) is 3.12. The van der Waals surface area contributed by atoms with E-state index in [0.717, 1.165) is 0 Å². The first-order valence-electron chi connectivity index (χ1n) is 10.1. The molecule has 32 heavy (non-hydrogen) atoms. The van der Waals surface area contributed by atoms with Gasteiger partial charge in [-0.3, -0.25) is 9.78 Å². The molecule has 10 heteroatoms. The van der Waals surface area contributed by atoms with Crippen molar-refractivity contribution in [2.45, 2.75) is 51.9 Å². The van der Waals surface area contributed by atoms with Gasteiger partial charge in [0.2, 0.25) is 0 Å². The quantitative estimate of drug-likeness (QED) is 0.539. The minimum absolute atomic E-state index is 0.236. The Morgan fingerprint density at radius 3 is 2.56 bits per heavy atom. The van der Waals surface area contributed by atoms with E-state index >= 15 is 0 Å². The van der Waals surface area contributed by atoms with Crippen LogP contribution >= 0.6 is 0 Å². The van der Waals surface area contributed by atoms with Gasteiger partial charge in [-0.05, 0) is 40.7 Å². The van der Waals surface area contributed by atoms with Gasteiger partial charge in [-0.15, -0.1) is 0 Å². The minimum Gasteiger partial charge on any atom is -0.387 e. The van der Waals surface area contributed by atoms with Crippen LogP contribution in [-0.2, 0) is 0 Å². The first-order chi connectivity index (χ1) is 14.9. The van der Waals surface area contributed by atoms with Crippen LogP contribution in [0.3, 0.4) is 0 Å². The number of aliphatic hydroxyl groups is 1.